The molecule has 0 heterocycles. The van der Waals surface area contributed by atoms with Crippen LogP contribution in [-0.2, 0) is 24.3 Å². The van der Waals surface area contributed by atoms with Crippen molar-refractivity contribution in [1.29, 1.82) is 0 Å². The molecule has 76 valence electrons. The van der Waals surface area contributed by atoms with Crippen LogP contribution < -0.4 is 11.1 Å². The molecule has 1 unspecified atom stereocenters. The molecule has 0 amide bonds. The Balaban J connectivity index is 0. The summed E-state index contributed by atoms with van der Waals surface area (Å²) in [5.41, 5.74) is 5.30. The third-order valence-corrected chi connectivity index (χ3v) is 1.84. The number of nitrogens with one attached hydrogen (secondary N) is 1. The van der Waals surface area contributed by atoms with Crippen molar-refractivity contribution >= 4 is 35.1 Å². The Bertz CT molecular complexity index is 193. The van der Waals surface area contributed by atoms with Gasteiger partial charge in [0.2, 0.25) is 0 Å². The van der Waals surface area contributed by atoms with Gasteiger partial charge in [0, 0.05) is 6.54 Å². The Kier molecular flexibility index (Phi) is 11.7. The summed E-state index contributed by atoms with van der Waals surface area (Å²) in [4.78, 5) is 10.3. The fraction of sp³-hybridized carbons (Fsp3) is 0.714. The Hall–Kier alpha value is 0.293. The number of nitrogens with two attached hydrogens (primary N) is 1. The van der Waals surface area contributed by atoms with Crippen molar-refractivity contribution in [2.45, 2.75) is 25.3 Å². The van der Waals surface area contributed by atoms with Crippen LogP contribution in [0.3, 0.4) is 0 Å². The second kappa shape index (κ2) is 9.83. The number of rotatable bonds is 6. The minimum Gasteiger partial charge on any atom is -0.480 e. The molecule has 0 fully saturated rings. The van der Waals surface area contributed by atoms with E-state index in [0.29, 0.717) is 17.3 Å². The summed E-state index contributed by atoms with van der Waals surface area (Å²) in [5.74, 6) is -0.947. The summed E-state index contributed by atoms with van der Waals surface area (Å²) in [5, 5.41) is 11.3. The van der Waals surface area contributed by atoms with E-state index in [1.165, 1.54) is 0 Å². The minimum absolute atomic E-state index is 0. The summed E-state index contributed by atoms with van der Waals surface area (Å²) in [7, 11) is 0. The van der Waals surface area contributed by atoms with Crippen LogP contribution >= 0.6 is 24.8 Å². The molecule has 7 heteroatoms. The Morgan fingerprint density at radius 2 is 2.14 bits per heavy atom. The molecule has 0 aromatic heterocycles. The normalized spacial score (nSPS) is 11.3. The summed E-state index contributed by atoms with van der Waals surface area (Å²) < 4.78 is 0.461. The monoisotopic (exact) mass is 286 g/mol. The average Bonchev–Trinajstić information content (AvgIpc) is 2.02. The van der Waals surface area contributed by atoms with Crippen molar-refractivity contribution in [3.05, 3.63) is 0 Å². The van der Waals surface area contributed by atoms with Crippen molar-refractivity contribution in [3.63, 3.8) is 0 Å². The van der Waals surface area contributed by atoms with E-state index in [-0.39, 0.29) is 19.5 Å². The smallest absolute Gasteiger partial charge is 0.480 e. The van der Waals surface area contributed by atoms with Gasteiger partial charge in [-0.15, -0.1) is 12.6 Å². The van der Waals surface area contributed by atoms with Crippen LogP contribution in [0.5, 0.6) is 0 Å². The number of carboxylic acid groups (broad SMARTS) is 1. The van der Waals surface area contributed by atoms with Gasteiger partial charge in [-0.05, 0) is 19.3 Å². The maximum Gasteiger partial charge on any atom is 2.00 e. The number of aliphatic carboxylic acids is 1. The van der Waals surface area contributed by atoms with Gasteiger partial charge in [-0.3, -0.25) is 4.79 Å². The molecule has 0 bridgehead atoms. The van der Waals surface area contributed by atoms with E-state index in [1.807, 2.05) is 0 Å². The summed E-state index contributed by atoms with van der Waals surface area (Å²) in [6.45, 7) is 0.717. The second-order valence-corrected chi connectivity index (χ2v) is 3.83. The van der Waals surface area contributed by atoms with E-state index in [0.717, 1.165) is 12.8 Å². The standard InChI is InChI=1S/C7H14N2O2S2.Zn/c8-5(6(10)11)3-1-2-4-9-7(12)13;/h5H,1-4,8H2,(H,10,11)(H2,9,12,13);/q;+2. The van der Waals surface area contributed by atoms with Gasteiger partial charge in [-0.1, -0.05) is 12.2 Å². The van der Waals surface area contributed by atoms with Crippen LogP contribution in [0.15, 0.2) is 0 Å². The van der Waals surface area contributed by atoms with Crippen LogP contribution in [0.25, 0.3) is 0 Å². The van der Waals surface area contributed by atoms with Gasteiger partial charge in [-0.25, -0.2) is 0 Å². The number of carboxylic acids is 1. The topological polar surface area (TPSA) is 75.3 Å². The molecule has 0 rings (SSSR count). The molecule has 4 N–H and O–H groups in total. The summed E-state index contributed by atoms with van der Waals surface area (Å²) >= 11 is 8.55. The first-order valence-corrected chi connectivity index (χ1v) is 4.84. The molecule has 0 aromatic rings. The van der Waals surface area contributed by atoms with Crippen LogP contribution in [0, 0.1) is 0 Å². The summed E-state index contributed by atoms with van der Waals surface area (Å²) in [6.07, 6.45) is 2.12. The predicted octanol–water partition coefficient (Wildman–Crippen LogP) is 0.370. The molecule has 0 saturated carbocycles. The van der Waals surface area contributed by atoms with E-state index < -0.39 is 12.0 Å². The Morgan fingerprint density at radius 3 is 2.57 bits per heavy atom. The zero-order valence-electron chi connectivity index (χ0n) is 7.90. The van der Waals surface area contributed by atoms with Gasteiger partial charge in [0.1, 0.15) is 10.4 Å². The molecule has 0 saturated heterocycles. The maximum atomic E-state index is 10.3. The molecule has 0 aromatic carbocycles. The number of hydrogen-bond donors (Lipinski definition) is 4. The third-order valence-electron chi connectivity index (χ3n) is 1.54. The average molecular weight is 288 g/mol. The van der Waals surface area contributed by atoms with Crippen LogP contribution in [0.2, 0.25) is 0 Å². The second-order valence-electron chi connectivity index (χ2n) is 2.67. The van der Waals surface area contributed by atoms with Crippen LogP contribution in [0.1, 0.15) is 19.3 Å². The SMILES string of the molecule is NC(CCCCNC(=S)S)C(=O)O.[Zn+2]. The number of thiocarbonyl (C=S) groups is 1. The van der Waals surface area contributed by atoms with Gasteiger partial charge in [0.25, 0.3) is 0 Å². The van der Waals surface area contributed by atoms with E-state index in [2.05, 4.69) is 30.2 Å². The molecular weight excluding hydrogens is 274 g/mol. The van der Waals surface area contributed by atoms with Crippen LogP contribution in [0.4, 0.5) is 0 Å². The predicted molar refractivity (Wildman–Crippen MR) is 59.0 cm³/mol. The molecule has 0 aliphatic heterocycles. The fourth-order valence-corrected chi connectivity index (χ4v) is 1.02. The summed E-state index contributed by atoms with van der Waals surface area (Å²) in [6, 6.07) is -0.747. The molecule has 1 atom stereocenters. The Morgan fingerprint density at radius 1 is 1.57 bits per heavy atom. The molecule has 0 aliphatic rings. The number of carbonyl (C=O) groups is 1. The quantitative estimate of drug-likeness (QED) is 0.246. The first-order chi connectivity index (χ1) is 6.04. The fourth-order valence-electron chi connectivity index (χ4n) is 0.808. The van der Waals surface area contributed by atoms with Gasteiger partial charge < -0.3 is 16.2 Å². The maximum absolute atomic E-state index is 10.3. The van der Waals surface area contributed by atoms with Crippen molar-refractivity contribution in [1.82, 2.24) is 5.32 Å². The molecule has 14 heavy (non-hydrogen) atoms. The number of unbranched alkanes of at least 4 members (excludes halogenated alkanes) is 1. The zero-order chi connectivity index (χ0) is 10.3. The minimum atomic E-state index is -0.947. The van der Waals surface area contributed by atoms with E-state index in [4.69, 9.17) is 10.8 Å². The zero-order valence-corrected chi connectivity index (χ0v) is 12.6. The molecule has 0 spiro atoms. The van der Waals surface area contributed by atoms with Gasteiger partial charge in [0.15, 0.2) is 0 Å². The van der Waals surface area contributed by atoms with Crippen molar-refractivity contribution in [2.75, 3.05) is 6.54 Å². The van der Waals surface area contributed by atoms with Crippen molar-refractivity contribution < 1.29 is 29.4 Å². The first-order valence-electron chi connectivity index (χ1n) is 3.99. The van der Waals surface area contributed by atoms with Gasteiger partial charge >= 0.3 is 25.4 Å². The largest absolute Gasteiger partial charge is 2.00 e. The number of hydrogen-bond acceptors (Lipinski definition) is 3. The van der Waals surface area contributed by atoms with Crippen molar-refractivity contribution in [2.24, 2.45) is 5.73 Å². The van der Waals surface area contributed by atoms with Gasteiger partial charge in [0.05, 0.1) is 0 Å². The van der Waals surface area contributed by atoms with E-state index in [1.54, 1.807) is 0 Å². The molecule has 0 radical (unpaired) electrons. The molecular formula is C7H14N2O2S2Zn+2. The van der Waals surface area contributed by atoms with Crippen molar-refractivity contribution in [3.8, 4) is 0 Å². The van der Waals surface area contributed by atoms with E-state index >= 15 is 0 Å². The third kappa shape index (κ3) is 10.4. The number of thiol groups is 1. The molecule has 0 aliphatic carbocycles. The molecule has 4 nitrogen and oxygen atoms in total. The van der Waals surface area contributed by atoms with Crippen LogP contribution in [-0.4, -0.2) is 28.0 Å². The van der Waals surface area contributed by atoms with E-state index in [9.17, 15) is 4.79 Å². The van der Waals surface area contributed by atoms with Gasteiger partial charge in [-0.2, -0.15) is 0 Å². The first kappa shape index (κ1) is 16.7. The Labute approximate surface area is 107 Å².